The van der Waals surface area contributed by atoms with Crippen molar-refractivity contribution in [1.82, 2.24) is 19.7 Å². The number of aromatic amines is 1. The van der Waals surface area contributed by atoms with Crippen LogP contribution in [0.3, 0.4) is 0 Å². The summed E-state index contributed by atoms with van der Waals surface area (Å²) in [5.41, 5.74) is 0.717. The summed E-state index contributed by atoms with van der Waals surface area (Å²) < 4.78 is 31.3. The third-order valence-electron chi connectivity index (χ3n) is 6.67. The fraction of sp³-hybridized carbons (Fsp3) is 0.360. The van der Waals surface area contributed by atoms with Crippen LogP contribution >= 0.6 is 0 Å². The summed E-state index contributed by atoms with van der Waals surface area (Å²) in [4.78, 5) is 26.7. The molecule has 0 spiro atoms. The molecule has 1 saturated heterocycles. The van der Waals surface area contributed by atoms with E-state index in [0.29, 0.717) is 42.0 Å². The number of nitrogens with one attached hydrogen (secondary N) is 1. The van der Waals surface area contributed by atoms with Crippen molar-refractivity contribution in [2.45, 2.75) is 32.6 Å². The third kappa shape index (κ3) is 4.00. The van der Waals surface area contributed by atoms with Gasteiger partial charge in [-0.05, 0) is 55.4 Å². The molecule has 0 unspecified atom stereocenters. The van der Waals surface area contributed by atoms with Gasteiger partial charge >= 0.3 is 5.69 Å². The molecule has 5 rings (SSSR count). The SMILES string of the molecule is Cc1cc(-c2cc(F)c(-n3c(C[C@@H]4CCN(C(=O)C5CC5)C4)n[nH]c3=O)cc2F)ccc1C#N. The minimum absolute atomic E-state index is 0.0388. The van der Waals surface area contributed by atoms with Crippen LogP contribution in [0.2, 0.25) is 0 Å². The van der Waals surface area contributed by atoms with Gasteiger partial charge in [-0.3, -0.25) is 4.79 Å². The Kier molecular flexibility index (Phi) is 5.52. The molecule has 2 heterocycles. The van der Waals surface area contributed by atoms with Crippen molar-refractivity contribution < 1.29 is 13.6 Å². The van der Waals surface area contributed by atoms with E-state index in [1.165, 1.54) is 0 Å². The fourth-order valence-corrected chi connectivity index (χ4v) is 4.65. The highest BCUT2D eigenvalue weighted by Gasteiger charge is 2.37. The molecule has 3 aromatic rings. The van der Waals surface area contributed by atoms with E-state index < -0.39 is 17.3 Å². The number of likely N-dealkylation sites (tertiary alicyclic amines) is 1. The summed E-state index contributed by atoms with van der Waals surface area (Å²) in [5, 5.41) is 15.5. The van der Waals surface area contributed by atoms with Crippen LogP contribution in [0.25, 0.3) is 16.8 Å². The van der Waals surface area contributed by atoms with Crippen LogP contribution in [0.4, 0.5) is 8.78 Å². The number of hydrogen-bond donors (Lipinski definition) is 1. The Morgan fingerprint density at radius 1 is 1.21 bits per heavy atom. The molecule has 1 aliphatic carbocycles. The van der Waals surface area contributed by atoms with Gasteiger partial charge in [0.2, 0.25) is 5.91 Å². The van der Waals surface area contributed by atoms with Crippen molar-refractivity contribution in [3.63, 3.8) is 0 Å². The molecule has 174 valence electrons. The highest BCUT2D eigenvalue weighted by atomic mass is 19.1. The molecule has 34 heavy (non-hydrogen) atoms. The number of benzene rings is 2. The van der Waals surface area contributed by atoms with Crippen molar-refractivity contribution in [2.24, 2.45) is 11.8 Å². The number of carbonyl (C=O) groups excluding carboxylic acids is 1. The van der Waals surface area contributed by atoms with Crippen molar-refractivity contribution in [3.05, 3.63) is 69.4 Å². The number of rotatable bonds is 5. The van der Waals surface area contributed by atoms with Crippen molar-refractivity contribution in [1.29, 1.82) is 5.26 Å². The van der Waals surface area contributed by atoms with Gasteiger partial charge < -0.3 is 4.90 Å². The van der Waals surface area contributed by atoms with E-state index in [0.717, 1.165) is 36.0 Å². The highest BCUT2D eigenvalue weighted by molar-refractivity contribution is 5.81. The molecular weight excluding hydrogens is 440 g/mol. The number of hydrogen-bond acceptors (Lipinski definition) is 4. The molecule has 1 N–H and O–H groups in total. The largest absolute Gasteiger partial charge is 0.348 e. The van der Waals surface area contributed by atoms with Gasteiger partial charge in [0.25, 0.3) is 0 Å². The Balaban J connectivity index is 1.42. The zero-order valence-corrected chi connectivity index (χ0v) is 18.6. The summed E-state index contributed by atoms with van der Waals surface area (Å²) in [6.07, 6.45) is 3.03. The van der Waals surface area contributed by atoms with Crippen LogP contribution < -0.4 is 5.69 Å². The summed E-state index contributed by atoms with van der Waals surface area (Å²) in [6, 6.07) is 8.85. The first-order valence-corrected chi connectivity index (χ1v) is 11.3. The fourth-order valence-electron chi connectivity index (χ4n) is 4.65. The Hall–Kier alpha value is -3.80. The van der Waals surface area contributed by atoms with Gasteiger partial charge in [-0.25, -0.2) is 23.2 Å². The molecule has 1 saturated carbocycles. The highest BCUT2D eigenvalue weighted by Crippen LogP contribution is 2.34. The molecule has 1 atom stereocenters. The van der Waals surface area contributed by atoms with Crippen molar-refractivity contribution in [3.8, 4) is 22.9 Å². The predicted molar refractivity (Wildman–Crippen MR) is 120 cm³/mol. The van der Waals surface area contributed by atoms with Crippen LogP contribution in [0.15, 0.2) is 35.1 Å². The number of H-pyrrole nitrogens is 1. The first kappa shape index (κ1) is 22.0. The molecule has 0 radical (unpaired) electrons. The Morgan fingerprint density at radius 2 is 2.00 bits per heavy atom. The number of halogens is 2. The van der Waals surface area contributed by atoms with E-state index in [1.807, 2.05) is 11.0 Å². The minimum atomic E-state index is -0.764. The number of aromatic nitrogens is 3. The number of carbonyl (C=O) groups is 1. The second kappa shape index (κ2) is 8.52. The maximum atomic E-state index is 15.2. The van der Waals surface area contributed by atoms with E-state index in [9.17, 15) is 9.59 Å². The van der Waals surface area contributed by atoms with E-state index in [-0.39, 0.29) is 29.0 Å². The van der Waals surface area contributed by atoms with Crippen LogP contribution in [0.5, 0.6) is 0 Å². The van der Waals surface area contributed by atoms with Crippen molar-refractivity contribution >= 4 is 5.91 Å². The van der Waals surface area contributed by atoms with E-state index in [4.69, 9.17) is 5.26 Å². The van der Waals surface area contributed by atoms with E-state index >= 15 is 8.78 Å². The number of amides is 1. The molecule has 2 aliphatic rings. The molecule has 1 aliphatic heterocycles. The molecule has 7 nitrogen and oxygen atoms in total. The van der Waals surface area contributed by atoms with E-state index in [1.54, 1.807) is 25.1 Å². The molecular formula is C25H23F2N5O2. The van der Waals surface area contributed by atoms with Gasteiger partial charge in [0.1, 0.15) is 17.5 Å². The second-order valence-electron chi connectivity index (χ2n) is 9.12. The molecule has 2 fully saturated rings. The molecule has 1 amide bonds. The zero-order valence-electron chi connectivity index (χ0n) is 18.6. The number of aryl methyl sites for hydroxylation is 1. The average Bonchev–Trinajstić information content (AvgIpc) is 3.47. The topological polar surface area (TPSA) is 94.8 Å². The first-order chi connectivity index (χ1) is 16.4. The van der Waals surface area contributed by atoms with Gasteiger partial charge in [0, 0.05) is 37.1 Å². The minimum Gasteiger partial charge on any atom is -0.342 e. The summed E-state index contributed by atoms with van der Waals surface area (Å²) in [6.45, 7) is 2.96. The summed E-state index contributed by atoms with van der Waals surface area (Å²) >= 11 is 0. The van der Waals surface area contributed by atoms with Gasteiger partial charge in [0.15, 0.2) is 0 Å². The van der Waals surface area contributed by atoms with Crippen LogP contribution in [0.1, 0.15) is 36.2 Å². The van der Waals surface area contributed by atoms with Gasteiger partial charge in [-0.15, -0.1) is 0 Å². The Labute approximate surface area is 194 Å². The van der Waals surface area contributed by atoms with Gasteiger partial charge in [-0.2, -0.15) is 10.4 Å². The van der Waals surface area contributed by atoms with Crippen LogP contribution in [-0.2, 0) is 11.2 Å². The summed E-state index contributed by atoms with van der Waals surface area (Å²) in [5.74, 6) is -0.732. The lowest BCUT2D eigenvalue weighted by Crippen LogP contribution is -2.30. The van der Waals surface area contributed by atoms with Gasteiger partial charge in [0.05, 0.1) is 17.3 Å². The standard InChI is InChI=1S/C25H23F2N5O2/c1-14-8-17(4-5-18(14)12-28)19-10-21(27)22(11-20(19)26)32-23(29-30-25(32)34)9-15-6-7-31(13-15)24(33)16-2-3-16/h4-5,8,10-11,15-16H,2-3,6-7,9,13H2,1H3,(H,30,34)/t15-/m0/s1. The molecule has 9 heteroatoms. The lowest BCUT2D eigenvalue weighted by molar-refractivity contribution is -0.131. The second-order valence-corrected chi connectivity index (χ2v) is 9.12. The maximum Gasteiger partial charge on any atom is 0.348 e. The lowest BCUT2D eigenvalue weighted by atomic mass is 9.99. The van der Waals surface area contributed by atoms with E-state index in [2.05, 4.69) is 10.2 Å². The lowest BCUT2D eigenvalue weighted by Gasteiger charge is -2.16. The summed E-state index contributed by atoms with van der Waals surface area (Å²) in [7, 11) is 0. The maximum absolute atomic E-state index is 15.2. The molecule has 0 bridgehead atoms. The van der Waals surface area contributed by atoms with Gasteiger partial charge in [-0.1, -0.05) is 12.1 Å². The molecule has 2 aromatic carbocycles. The number of nitrogens with zero attached hydrogens (tertiary/aromatic N) is 4. The molecule has 1 aromatic heterocycles. The normalized spacial score (nSPS) is 17.7. The quantitative estimate of drug-likeness (QED) is 0.627. The Bertz CT molecular complexity index is 1380. The average molecular weight is 463 g/mol. The Morgan fingerprint density at radius 3 is 2.71 bits per heavy atom. The monoisotopic (exact) mass is 463 g/mol. The number of nitriles is 1. The predicted octanol–water partition coefficient (Wildman–Crippen LogP) is 3.49. The van der Waals surface area contributed by atoms with Crippen LogP contribution in [-0.4, -0.2) is 38.7 Å². The third-order valence-corrected chi connectivity index (χ3v) is 6.67. The van der Waals surface area contributed by atoms with Crippen molar-refractivity contribution in [2.75, 3.05) is 13.1 Å². The zero-order chi connectivity index (χ0) is 24.0. The smallest absolute Gasteiger partial charge is 0.342 e. The first-order valence-electron chi connectivity index (χ1n) is 11.3. The van der Waals surface area contributed by atoms with Crippen LogP contribution in [0, 0.1) is 41.7 Å².